The minimum absolute atomic E-state index is 0.0376. The van der Waals surface area contributed by atoms with Crippen molar-refractivity contribution in [3.63, 3.8) is 0 Å². The van der Waals surface area contributed by atoms with Crippen LogP contribution in [0.1, 0.15) is 91.4 Å². The van der Waals surface area contributed by atoms with Crippen molar-refractivity contribution in [2.75, 3.05) is 119 Å². The van der Waals surface area contributed by atoms with E-state index in [1.165, 1.54) is 0 Å². The summed E-state index contributed by atoms with van der Waals surface area (Å²) in [5.74, 6) is -3.60. The Morgan fingerprint density at radius 3 is 1.09 bits per heavy atom. The summed E-state index contributed by atoms with van der Waals surface area (Å²) in [4.78, 5) is 74.6. The second-order valence-corrected chi connectivity index (χ2v) is 23.1. The summed E-state index contributed by atoms with van der Waals surface area (Å²) in [6.45, 7) is 3.28. The highest BCUT2D eigenvalue weighted by Crippen LogP contribution is 2.41. The van der Waals surface area contributed by atoms with Crippen molar-refractivity contribution in [1.82, 2.24) is 21.3 Å². The zero-order valence-electron chi connectivity index (χ0n) is 49.3. The number of aliphatic hydroxyl groups excluding tert-OH is 9. The summed E-state index contributed by atoms with van der Waals surface area (Å²) in [7, 11) is -3.15. The van der Waals surface area contributed by atoms with E-state index < -0.39 is 125 Å². The van der Waals surface area contributed by atoms with Gasteiger partial charge in [0, 0.05) is 95.0 Å². The van der Waals surface area contributed by atoms with Crippen molar-refractivity contribution in [2.24, 2.45) is 23.2 Å². The van der Waals surface area contributed by atoms with Gasteiger partial charge in [0.2, 0.25) is 23.6 Å². The van der Waals surface area contributed by atoms with Gasteiger partial charge in [0.25, 0.3) is 0 Å². The lowest BCUT2D eigenvalue weighted by Gasteiger charge is -2.40. The second kappa shape index (κ2) is 41.3. The number of hydrogen-bond acceptors (Lipinski definition) is 26. The van der Waals surface area contributed by atoms with Gasteiger partial charge in [-0.25, -0.2) is 4.57 Å². The van der Waals surface area contributed by atoms with Crippen LogP contribution >= 0.6 is 7.82 Å². The molecule has 7 unspecified atom stereocenters. The van der Waals surface area contributed by atoms with Crippen LogP contribution in [0.15, 0.2) is 0 Å². The molecule has 4 amide bonds. The third kappa shape index (κ3) is 28.1. The summed E-state index contributed by atoms with van der Waals surface area (Å²) in [5.41, 5.74) is -1.26. The molecule has 3 rings (SSSR count). The molecular formula is C53H97N4O27P. The lowest BCUT2D eigenvalue weighted by Crippen LogP contribution is -2.55. The Morgan fingerprint density at radius 1 is 0.459 bits per heavy atom. The maximum atomic E-state index is 13.8. The van der Waals surface area contributed by atoms with E-state index in [0.29, 0.717) is 19.3 Å². The Kier molecular flexibility index (Phi) is 37.0. The highest BCUT2D eigenvalue weighted by atomic mass is 31.2. The van der Waals surface area contributed by atoms with Gasteiger partial charge in [-0.1, -0.05) is 20.8 Å². The van der Waals surface area contributed by atoms with Crippen LogP contribution in [0, 0.1) is 23.2 Å². The van der Waals surface area contributed by atoms with E-state index in [-0.39, 0.29) is 173 Å². The van der Waals surface area contributed by atoms with Crippen molar-refractivity contribution in [3.8, 4) is 0 Å². The predicted molar refractivity (Wildman–Crippen MR) is 294 cm³/mol. The van der Waals surface area contributed by atoms with Gasteiger partial charge in [-0.15, -0.1) is 0 Å². The molecule has 0 bridgehead atoms. The maximum Gasteiger partial charge on any atom is 0.471 e. The molecular weight excluding hydrogens is 1160 g/mol. The number of carbonyl (C=O) groups is 5. The second-order valence-electron chi connectivity index (χ2n) is 21.6. The number of amides is 4. The monoisotopic (exact) mass is 1250 g/mol. The van der Waals surface area contributed by atoms with Gasteiger partial charge >= 0.3 is 7.82 Å². The standard InChI is InChI=1S/C53H97N4O27P/c1-33-44(66)47(69)37(27-58)82-50(33)78-19-6-15-55-41(63)12-23-75-30-53(26-36(61)10-5-11-40(62)54-18-9-22-81-85(72,73)74-4,31-76-24-13-42(64)56-16-7-20-79-51-34(2)45(67)48(70)38(28-59)83-51)32-77-25-14-43(65)57-17-8-21-80-52-35(3)46(68)49(71)39(29-60)84-52/h33-35,37-39,44-52,58-60,66-71H,5-32H2,1-4H3,(H,54,62)(H,55,63)(H,56,64)(H,57,65)(H,72,73)/t33?,34?,35?,37?,38?,39?,44-,45-,46-,47+,48+,49+,50-,51-,52-,53?/m1/s1. The molecule has 3 heterocycles. The molecule has 3 fully saturated rings. The topological polar surface area (TPSA) is 454 Å². The number of ether oxygens (including phenoxy) is 9. The first-order valence-corrected chi connectivity index (χ1v) is 30.6. The van der Waals surface area contributed by atoms with Gasteiger partial charge in [0.15, 0.2) is 18.9 Å². The molecule has 496 valence electrons. The van der Waals surface area contributed by atoms with E-state index in [1.807, 2.05) is 0 Å². The fraction of sp³-hybridized carbons (Fsp3) is 0.906. The van der Waals surface area contributed by atoms with Crippen molar-refractivity contribution in [3.05, 3.63) is 0 Å². The average Bonchev–Trinajstić information content (AvgIpc) is 3.50. The minimum Gasteiger partial charge on any atom is -0.394 e. The van der Waals surface area contributed by atoms with Crippen LogP contribution in [0.25, 0.3) is 0 Å². The Morgan fingerprint density at radius 2 is 0.776 bits per heavy atom. The van der Waals surface area contributed by atoms with Crippen molar-refractivity contribution >= 4 is 37.2 Å². The van der Waals surface area contributed by atoms with Gasteiger partial charge in [-0.05, 0) is 32.1 Å². The zero-order valence-corrected chi connectivity index (χ0v) is 50.2. The lowest BCUT2D eigenvalue weighted by atomic mass is 9.84. The summed E-state index contributed by atoms with van der Waals surface area (Å²) < 4.78 is 72.7. The molecule has 14 N–H and O–H groups in total. The molecule has 0 aliphatic carbocycles. The van der Waals surface area contributed by atoms with E-state index in [2.05, 4.69) is 25.8 Å². The first-order valence-electron chi connectivity index (χ1n) is 29.1. The molecule has 85 heavy (non-hydrogen) atoms. The number of ketones is 1. The first kappa shape index (κ1) is 76.2. The van der Waals surface area contributed by atoms with E-state index in [9.17, 15) is 79.4 Å². The summed E-state index contributed by atoms with van der Waals surface area (Å²) in [6.07, 6.45) is -12.4. The number of aliphatic hydroxyl groups is 9. The summed E-state index contributed by atoms with van der Waals surface area (Å²) in [6, 6.07) is 0. The van der Waals surface area contributed by atoms with Crippen molar-refractivity contribution < 1.29 is 131 Å². The lowest BCUT2D eigenvalue weighted by molar-refractivity contribution is -0.282. The summed E-state index contributed by atoms with van der Waals surface area (Å²) in [5, 5.41) is 101. The molecule has 0 saturated carbocycles. The molecule has 3 saturated heterocycles. The molecule has 0 aromatic rings. The average molecular weight is 1250 g/mol. The number of rotatable bonds is 45. The Labute approximate surface area is 495 Å². The van der Waals surface area contributed by atoms with Crippen LogP contribution in [0.2, 0.25) is 0 Å². The first-order chi connectivity index (χ1) is 40.5. The molecule has 32 heteroatoms. The molecule has 0 aromatic carbocycles. The molecule has 0 radical (unpaired) electrons. The Balaban J connectivity index is 1.62. The summed E-state index contributed by atoms with van der Waals surface area (Å²) >= 11 is 0. The molecule has 31 nitrogen and oxygen atoms in total. The van der Waals surface area contributed by atoms with Crippen LogP contribution in [0.4, 0.5) is 0 Å². The number of carbonyl (C=O) groups excluding carboxylic acids is 5. The number of phosphoric acid groups is 1. The number of phosphoric ester groups is 1. The van der Waals surface area contributed by atoms with E-state index >= 15 is 0 Å². The van der Waals surface area contributed by atoms with Crippen LogP contribution in [-0.2, 0) is 80.2 Å². The maximum absolute atomic E-state index is 13.8. The van der Waals surface area contributed by atoms with Gasteiger partial charge in [-0.3, -0.25) is 33.0 Å². The van der Waals surface area contributed by atoms with E-state index in [4.69, 9.17) is 47.2 Å². The van der Waals surface area contributed by atoms with E-state index in [0.717, 1.165) is 7.11 Å². The molecule has 0 spiro atoms. The fourth-order valence-electron chi connectivity index (χ4n) is 9.21. The van der Waals surface area contributed by atoms with Crippen molar-refractivity contribution in [1.29, 1.82) is 0 Å². The SMILES string of the molecule is COP(=O)(O)OCCCNC(=O)CCCC(=O)CC(COCCC(=O)NCCCO[C@@H]1OC(CO)[C@H](O)[C@H](O)C1C)(COCCC(=O)NCCCO[C@@H]1OC(CO)[C@H](O)[C@H](O)C1C)COCCC(=O)NCCCO[C@@H]1OC(CO)[C@H](O)[C@H](O)C1C. The highest BCUT2D eigenvalue weighted by Gasteiger charge is 2.45. The van der Waals surface area contributed by atoms with Gasteiger partial charge < -0.3 is 115 Å². The molecule has 0 aromatic heterocycles. The van der Waals surface area contributed by atoms with Crippen molar-refractivity contribution in [2.45, 2.75) is 165 Å². The Hall–Kier alpha value is -3.06. The van der Waals surface area contributed by atoms with Gasteiger partial charge in [0.1, 0.15) is 42.4 Å². The quantitative estimate of drug-likeness (QED) is 0.0207. The van der Waals surface area contributed by atoms with Crippen LogP contribution < -0.4 is 21.3 Å². The normalized spacial score (nSPS) is 29.3. The minimum atomic E-state index is -4.17. The molecule has 3 aliphatic rings. The van der Waals surface area contributed by atoms with Gasteiger partial charge in [-0.2, -0.15) is 0 Å². The smallest absolute Gasteiger partial charge is 0.394 e. The number of nitrogens with one attached hydrogen (secondary N) is 4. The van der Waals surface area contributed by atoms with Crippen LogP contribution in [0.3, 0.4) is 0 Å². The van der Waals surface area contributed by atoms with Crippen LogP contribution in [0.5, 0.6) is 0 Å². The zero-order chi connectivity index (χ0) is 63.0. The molecule has 16 atom stereocenters. The molecule has 3 aliphatic heterocycles. The highest BCUT2D eigenvalue weighted by molar-refractivity contribution is 7.47. The number of Topliss-reactive ketones (excluding diaryl/α,β-unsaturated/α-hetero) is 1. The van der Waals surface area contributed by atoms with E-state index in [1.54, 1.807) is 20.8 Å². The Bertz CT molecular complexity index is 1800. The van der Waals surface area contributed by atoms with Crippen LogP contribution in [-0.4, -0.2) is 273 Å². The number of hydrogen-bond donors (Lipinski definition) is 14. The van der Waals surface area contributed by atoms with Gasteiger partial charge in [0.05, 0.1) is 104 Å². The fourth-order valence-corrected chi connectivity index (χ4v) is 9.67. The third-order valence-electron chi connectivity index (χ3n) is 14.5. The predicted octanol–water partition coefficient (Wildman–Crippen LogP) is -3.61. The third-order valence-corrected chi connectivity index (χ3v) is 15.5. The largest absolute Gasteiger partial charge is 0.471 e.